The van der Waals surface area contributed by atoms with Crippen LogP contribution in [0.4, 0.5) is 4.79 Å². The summed E-state index contributed by atoms with van der Waals surface area (Å²) in [5.74, 6) is -0.492. The highest BCUT2D eigenvalue weighted by Gasteiger charge is 2.25. The lowest BCUT2D eigenvalue weighted by Crippen LogP contribution is -2.51. The molecule has 2 rings (SSSR count). The molecule has 0 unspecified atom stereocenters. The number of methoxy groups -OCH3 is 1. The van der Waals surface area contributed by atoms with Gasteiger partial charge in [-0.3, -0.25) is 4.90 Å². The fourth-order valence-electron chi connectivity index (χ4n) is 2.27. The second kappa shape index (κ2) is 9.12. The van der Waals surface area contributed by atoms with Gasteiger partial charge in [-0.1, -0.05) is 30.3 Å². The Balaban J connectivity index is 1.83. The van der Waals surface area contributed by atoms with E-state index >= 15 is 0 Å². The lowest BCUT2D eigenvalue weighted by Gasteiger charge is -2.29. The first kappa shape index (κ1) is 17.2. The highest BCUT2D eigenvalue weighted by molar-refractivity contribution is 5.81. The van der Waals surface area contributed by atoms with Crippen LogP contribution in [-0.4, -0.2) is 63.0 Å². The van der Waals surface area contributed by atoms with E-state index in [0.717, 1.165) is 5.56 Å². The van der Waals surface area contributed by atoms with Crippen LogP contribution in [0.1, 0.15) is 5.56 Å². The number of amides is 1. The van der Waals surface area contributed by atoms with Gasteiger partial charge in [-0.05, 0) is 5.56 Å². The Bertz CT molecular complexity index is 502. The third-order valence-corrected chi connectivity index (χ3v) is 3.54. The average Bonchev–Trinajstić information content (AvgIpc) is 2.60. The molecule has 126 valence electrons. The summed E-state index contributed by atoms with van der Waals surface area (Å²) in [7, 11) is 1.30. The number of benzene rings is 1. The number of rotatable bonds is 6. The fourth-order valence-corrected chi connectivity index (χ4v) is 2.27. The van der Waals surface area contributed by atoms with E-state index in [1.165, 1.54) is 7.11 Å². The van der Waals surface area contributed by atoms with Gasteiger partial charge in [0.2, 0.25) is 0 Å². The zero-order valence-electron chi connectivity index (χ0n) is 13.2. The van der Waals surface area contributed by atoms with E-state index in [0.29, 0.717) is 32.8 Å². The smallest absolute Gasteiger partial charge is 0.408 e. The Morgan fingerprint density at radius 2 is 1.96 bits per heavy atom. The standard InChI is InChI=1S/C16H22N2O5/c1-21-15(19)14(11-18-7-9-22-10-8-18)17-16(20)23-12-13-5-3-2-4-6-13/h2-6,14H,7-12H2,1H3,(H,17,20)/t14-/m1/s1. The van der Waals surface area contributed by atoms with Crippen LogP contribution in [0.3, 0.4) is 0 Å². The van der Waals surface area contributed by atoms with Crippen LogP contribution in [0.2, 0.25) is 0 Å². The van der Waals surface area contributed by atoms with E-state index in [1.54, 1.807) is 0 Å². The predicted octanol–water partition coefficient (Wildman–Crippen LogP) is 0.787. The Morgan fingerprint density at radius 1 is 1.26 bits per heavy atom. The van der Waals surface area contributed by atoms with Crippen LogP contribution < -0.4 is 5.32 Å². The van der Waals surface area contributed by atoms with Gasteiger partial charge in [-0.25, -0.2) is 9.59 Å². The predicted molar refractivity (Wildman–Crippen MR) is 82.8 cm³/mol. The highest BCUT2D eigenvalue weighted by Crippen LogP contribution is 2.03. The molecule has 1 aromatic carbocycles. The molecule has 1 aliphatic rings. The Labute approximate surface area is 135 Å². The van der Waals surface area contributed by atoms with Gasteiger partial charge >= 0.3 is 12.1 Å². The Kier molecular flexibility index (Phi) is 6.83. The number of carbonyl (C=O) groups excluding carboxylic acids is 2. The van der Waals surface area contributed by atoms with Crippen molar-refractivity contribution in [3.63, 3.8) is 0 Å². The van der Waals surface area contributed by atoms with Crippen molar-refractivity contribution in [2.24, 2.45) is 0 Å². The van der Waals surface area contributed by atoms with Crippen LogP contribution in [0.15, 0.2) is 30.3 Å². The maximum atomic E-state index is 11.9. The molecule has 1 N–H and O–H groups in total. The van der Waals surface area contributed by atoms with Gasteiger partial charge in [-0.15, -0.1) is 0 Å². The SMILES string of the molecule is COC(=O)[C@@H](CN1CCOCC1)NC(=O)OCc1ccccc1. The number of carbonyl (C=O) groups is 2. The summed E-state index contributed by atoms with van der Waals surface area (Å²) >= 11 is 0. The minimum atomic E-state index is -0.763. The third-order valence-electron chi connectivity index (χ3n) is 3.54. The number of nitrogens with zero attached hydrogens (tertiary/aromatic N) is 1. The first-order chi connectivity index (χ1) is 11.2. The Morgan fingerprint density at radius 3 is 2.61 bits per heavy atom. The summed E-state index contributed by atoms with van der Waals surface area (Å²) in [6.45, 7) is 3.19. The molecule has 0 spiro atoms. The Hall–Kier alpha value is -2.12. The van der Waals surface area contributed by atoms with Gasteiger partial charge in [0.05, 0.1) is 20.3 Å². The molecule has 1 aliphatic heterocycles. The largest absolute Gasteiger partial charge is 0.467 e. The number of hydrogen-bond acceptors (Lipinski definition) is 6. The first-order valence-corrected chi connectivity index (χ1v) is 7.54. The van der Waals surface area contributed by atoms with E-state index < -0.39 is 18.1 Å². The number of hydrogen-bond donors (Lipinski definition) is 1. The zero-order chi connectivity index (χ0) is 16.5. The van der Waals surface area contributed by atoms with Crippen LogP contribution in [-0.2, 0) is 25.6 Å². The molecule has 1 atom stereocenters. The molecule has 1 aromatic rings. The number of morpholine rings is 1. The molecule has 1 saturated heterocycles. The molecule has 1 heterocycles. The quantitative estimate of drug-likeness (QED) is 0.780. The van der Waals surface area contributed by atoms with E-state index in [9.17, 15) is 9.59 Å². The number of alkyl carbamates (subject to hydrolysis) is 1. The fraction of sp³-hybridized carbons (Fsp3) is 0.500. The van der Waals surface area contributed by atoms with Crippen molar-refractivity contribution in [2.45, 2.75) is 12.6 Å². The van der Waals surface area contributed by atoms with E-state index in [1.807, 2.05) is 35.2 Å². The summed E-state index contributed by atoms with van der Waals surface area (Å²) in [6.07, 6.45) is -0.641. The number of esters is 1. The molecule has 1 amide bonds. The normalized spacial score (nSPS) is 16.4. The van der Waals surface area contributed by atoms with Crippen molar-refractivity contribution in [3.8, 4) is 0 Å². The van der Waals surface area contributed by atoms with Crippen molar-refractivity contribution in [1.82, 2.24) is 10.2 Å². The monoisotopic (exact) mass is 322 g/mol. The third kappa shape index (κ3) is 5.88. The lowest BCUT2D eigenvalue weighted by molar-refractivity contribution is -0.143. The molecule has 7 heteroatoms. The van der Waals surface area contributed by atoms with Crippen molar-refractivity contribution in [1.29, 1.82) is 0 Å². The molecule has 0 aliphatic carbocycles. The molecule has 0 aromatic heterocycles. The van der Waals surface area contributed by atoms with Gasteiger partial charge in [0, 0.05) is 19.6 Å². The van der Waals surface area contributed by atoms with E-state index in [4.69, 9.17) is 14.2 Å². The molecule has 1 fully saturated rings. The molecular formula is C16H22N2O5. The molecular weight excluding hydrogens is 300 g/mol. The molecule has 7 nitrogen and oxygen atoms in total. The minimum absolute atomic E-state index is 0.151. The summed E-state index contributed by atoms with van der Waals surface area (Å²) in [6, 6.07) is 8.58. The molecule has 0 saturated carbocycles. The van der Waals surface area contributed by atoms with Gasteiger partial charge in [0.15, 0.2) is 0 Å². The van der Waals surface area contributed by atoms with Crippen molar-refractivity contribution in [3.05, 3.63) is 35.9 Å². The number of ether oxygens (including phenoxy) is 3. The van der Waals surface area contributed by atoms with Crippen LogP contribution in [0.5, 0.6) is 0 Å². The highest BCUT2D eigenvalue weighted by atomic mass is 16.6. The topological polar surface area (TPSA) is 77.1 Å². The summed E-state index contributed by atoms with van der Waals surface area (Å²) in [5.41, 5.74) is 0.880. The van der Waals surface area contributed by atoms with Crippen LogP contribution in [0, 0.1) is 0 Å². The minimum Gasteiger partial charge on any atom is -0.467 e. The van der Waals surface area contributed by atoms with Crippen molar-refractivity contribution < 1.29 is 23.8 Å². The maximum absolute atomic E-state index is 11.9. The van der Waals surface area contributed by atoms with Crippen LogP contribution >= 0.6 is 0 Å². The summed E-state index contributed by atoms with van der Waals surface area (Å²) in [5, 5.41) is 2.57. The molecule has 0 bridgehead atoms. The van der Waals surface area contributed by atoms with Gasteiger partial charge in [-0.2, -0.15) is 0 Å². The van der Waals surface area contributed by atoms with Gasteiger partial charge < -0.3 is 19.5 Å². The zero-order valence-corrected chi connectivity index (χ0v) is 13.2. The lowest BCUT2D eigenvalue weighted by atomic mass is 10.2. The van der Waals surface area contributed by atoms with Crippen molar-refractivity contribution >= 4 is 12.1 Å². The van der Waals surface area contributed by atoms with Crippen LogP contribution in [0.25, 0.3) is 0 Å². The van der Waals surface area contributed by atoms with Gasteiger partial charge in [0.1, 0.15) is 12.6 Å². The summed E-state index contributed by atoms with van der Waals surface area (Å²) in [4.78, 5) is 25.8. The molecule has 0 radical (unpaired) electrons. The average molecular weight is 322 g/mol. The summed E-state index contributed by atoms with van der Waals surface area (Å²) < 4.78 is 15.2. The van der Waals surface area contributed by atoms with E-state index in [2.05, 4.69) is 5.32 Å². The van der Waals surface area contributed by atoms with Gasteiger partial charge in [0.25, 0.3) is 0 Å². The number of nitrogens with one attached hydrogen (secondary N) is 1. The first-order valence-electron chi connectivity index (χ1n) is 7.54. The maximum Gasteiger partial charge on any atom is 0.408 e. The second-order valence-electron chi connectivity index (χ2n) is 5.19. The second-order valence-corrected chi connectivity index (χ2v) is 5.19. The van der Waals surface area contributed by atoms with Crippen molar-refractivity contribution in [2.75, 3.05) is 40.0 Å². The molecule has 23 heavy (non-hydrogen) atoms. The van der Waals surface area contributed by atoms with E-state index in [-0.39, 0.29) is 6.61 Å².